The predicted molar refractivity (Wildman–Crippen MR) is 111 cm³/mol. The Kier molecular flexibility index (Phi) is 3.56. The van der Waals surface area contributed by atoms with Crippen LogP contribution >= 0.6 is 23.2 Å². The van der Waals surface area contributed by atoms with E-state index in [0.29, 0.717) is 6.61 Å². The molecule has 0 saturated heterocycles. The number of ether oxygens (including phenoxy) is 1. The third-order valence-electron chi connectivity index (χ3n) is 4.79. The fourth-order valence-electron chi connectivity index (χ4n) is 3.65. The monoisotopic (exact) mass is 382 g/mol. The summed E-state index contributed by atoms with van der Waals surface area (Å²) < 4.78 is 6.17. The highest BCUT2D eigenvalue weighted by Crippen LogP contribution is 2.41. The van der Waals surface area contributed by atoms with Gasteiger partial charge < -0.3 is 14.7 Å². The molecule has 0 spiro atoms. The smallest absolute Gasteiger partial charge is 0.167 e. The number of benzene rings is 3. The van der Waals surface area contributed by atoms with Crippen molar-refractivity contribution >= 4 is 66.8 Å². The summed E-state index contributed by atoms with van der Waals surface area (Å²) in [5.41, 5.74) is 4.06. The van der Waals surface area contributed by atoms with Crippen molar-refractivity contribution in [3.05, 3.63) is 52.5 Å². The van der Waals surface area contributed by atoms with Crippen LogP contribution in [0.25, 0.3) is 43.6 Å². The molecule has 3 aromatic carbocycles. The van der Waals surface area contributed by atoms with E-state index >= 15 is 0 Å². The molecule has 0 fully saturated rings. The molecule has 0 aliphatic heterocycles. The quantitative estimate of drug-likeness (QED) is 0.344. The van der Waals surface area contributed by atoms with Crippen LogP contribution in [0.2, 0.25) is 10.0 Å². The number of halogens is 2. The molecule has 2 aromatic heterocycles. The minimum Gasteiger partial charge on any atom is -0.489 e. The highest BCUT2D eigenvalue weighted by atomic mass is 35.5. The van der Waals surface area contributed by atoms with Crippen molar-refractivity contribution in [2.45, 2.75) is 13.3 Å². The van der Waals surface area contributed by atoms with Crippen molar-refractivity contribution in [2.75, 3.05) is 6.61 Å². The lowest BCUT2D eigenvalue weighted by molar-refractivity contribution is 0.324. The molecule has 130 valence electrons. The Balaban J connectivity index is 1.98. The molecule has 5 aromatic rings. The molecule has 0 bridgehead atoms. The second-order valence-corrected chi connectivity index (χ2v) is 7.40. The van der Waals surface area contributed by atoms with Crippen LogP contribution in [0.5, 0.6) is 5.75 Å². The molecule has 0 radical (unpaired) electrons. The van der Waals surface area contributed by atoms with E-state index in [-0.39, 0.29) is 0 Å². The fraction of sp³-hybridized carbons (Fsp3) is 0.143. The Bertz CT molecular complexity index is 1210. The van der Waals surface area contributed by atoms with Crippen LogP contribution in [0, 0.1) is 0 Å². The summed E-state index contributed by atoms with van der Waals surface area (Å²) in [6, 6.07) is 14.0. The van der Waals surface area contributed by atoms with Gasteiger partial charge in [0.25, 0.3) is 0 Å². The molecular weight excluding hydrogens is 367 g/mol. The largest absolute Gasteiger partial charge is 0.489 e. The normalized spacial score (nSPS) is 12.0. The lowest BCUT2D eigenvalue weighted by Gasteiger charge is -2.08. The van der Waals surface area contributed by atoms with Crippen LogP contribution in [0.1, 0.15) is 13.3 Å². The van der Waals surface area contributed by atoms with Gasteiger partial charge in [-0.05, 0) is 48.9 Å². The molecule has 0 aliphatic carbocycles. The molecule has 0 aliphatic rings. The maximum atomic E-state index is 6.24. The van der Waals surface area contributed by atoms with Gasteiger partial charge in [0.05, 0.1) is 17.6 Å². The van der Waals surface area contributed by atoms with Crippen LogP contribution < -0.4 is 4.74 Å². The maximum Gasteiger partial charge on any atom is 0.167 e. The molecule has 5 rings (SSSR count). The zero-order valence-corrected chi connectivity index (χ0v) is 15.6. The molecule has 0 atom stereocenters. The van der Waals surface area contributed by atoms with Gasteiger partial charge in [-0.1, -0.05) is 30.1 Å². The van der Waals surface area contributed by atoms with Gasteiger partial charge >= 0.3 is 0 Å². The van der Waals surface area contributed by atoms with E-state index in [9.17, 15) is 0 Å². The Hall–Kier alpha value is -2.36. The number of nitrogens with one attached hydrogen (secondary N) is 2. The number of hydrogen-bond acceptors (Lipinski definition) is 1. The van der Waals surface area contributed by atoms with E-state index in [1.807, 2.05) is 36.4 Å². The Morgan fingerprint density at radius 2 is 1.31 bits per heavy atom. The van der Waals surface area contributed by atoms with E-state index in [2.05, 4.69) is 23.0 Å². The standard InChI is InChI=1S/C21H16Cl2N2O/c1-2-7-26-21-19-15(13-8-11(22)3-5-17(13)24-19)10-16-14-9-12(23)4-6-18(14)25-20(16)21/h3-6,8-10,24-25H,2,7H2,1H3. The van der Waals surface area contributed by atoms with Crippen LogP contribution in [-0.4, -0.2) is 16.6 Å². The number of fused-ring (bicyclic) bond motifs is 6. The summed E-state index contributed by atoms with van der Waals surface area (Å²) in [5.74, 6) is 0.846. The summed E-state index contributed by atoms with van der Waals surface area (Å²) in [4.78, 5) is 7.00. The SMILES string of the molecule is CCCOc1c2[nH]c3ccc(Cl)cc3c2cc2c1[nH]c1ccc(Cl)cc12. The summed E-state index contributed by atoms with van der Waals surface area (Å²) in [6.45, 7) is 2.76. The van der Waals surface area contributed by atoms with Gasteiger partial charge in [0, 0.05) is 42.6 Å². The first-order valence-electron chi connectivity index (χ1n) is 8.63. The van der Waals surface area contributed by atoms with Gasteiger partial charge in [-0.25, -0.2) is 0 Å². The Morgan fingerprint density at radius 1 is 0.769 bits per heavy atom. The van der Waals surface area contributed by atoms with Crippen molar-refractivity contribution in [2.24, 2.45) is 0 Å². The van der Waals surface area contributed by atoms with Crippen LogP contribution in [-0.2, 0) is 0 Å². The minimum absolute atomic E-state index is 0.653. The summed E-state index contributed by atoms with van der Waals surface area (Å²) in [5, 5.41) is 5.82. The van der Waals surface area contributed by atoms with Crippen molar-refractivity contribution in [3.8, 4) is 5.75 Å². The number of aromatic amines is 2. The Labute approximate surface area is 159 Å². The van der Waals surface area contributed by atoms with Crippen molar-refractivity contribution in [1.82, 2.24) is 9.97 Å². The van der Waals surface area contributed by atoms with E-state index in [1.54, 1.807) is 0 Å². The highest BCUT2D eigenvalue weighted by molar-refractivity contribution is 6.33. The highest BCUT2D eigenvalue weighted by Gasteiger charge is 2.17. The molecule has 2 heterocycles. The van der Waals surface area contributed by atoms with Crippen LogP contribution in [0.15, 0.2) is 42.5 Å². The first-order chi connectivity index (χ1) is 12.7. The first kappa shape index (κ1) is 15.9. The third kappa shape index (κ3) is 2.28. The molecule has 0 unspecified atom stereocenters. The topological polar surface area (TPSA) is 40.8 Å². The second kappa shape index (κ2) is 5.83. The molecule has 0 amide bonds. The van der Waals surface area contributed by atoms with E-state index < -0.39 is 0 Å². The molecule has 0 saturated carbocycles. The average Bonchev–Trinajstić information content (AvgIpc) is 3.17. The first-order valence-corrected chi connectivity index (χ1v) is 9.39. The number of rotatable bonds is 3. The van der Waals surface area contributed by atoms with Crippen LogP contribution in [0.4, 0.5) is 0 Å². The number of H-pyrrole nitrogens is 2. The van der Waals surface area contributed by atoms with Crippen molar-refractivity contribution in [3.63, 3.8) is 0 Å². The summed E-state index contributed by atoms with van der Waals surface area (Å²) in [6.07, 6.45) is 0.940. The lowest BCUT2D eigenvalue weighted by Crippen LogP contribution is -1.96. The zero-order chi connectivity index (χ0) is 17.8. The lowest BCUT2D eigenvalue weighted by atomic mass is 10.1. The van der Waals surface area contributed by atoms with Gasteiger partial charge in [-0.2, -0.15) is 0 Å². The zero-order valence-electron chi connectivity index (χ0n) is 14.1. The third-order valence-corrected chi connectivity index (χ3v) is 5.27. The minimum atomic E-state index is 0.653. The average molecular weight is 383 g/mol. The van der Waals surface area contributed by atoms with E-state index in [1.165, 1.54) is 0 Å². The molecule has 26 heavy (non-hydrogen) atoms. The van der Waals surface area contributed by atoms with Gasteiger partial charge in [0.2, 0.25) is 0 Å². The van der Waals surface area contributed by atoms with Gasteiger partial charge in [-0.3, -0.25) is 0 Å². The predicted octanol–water partition coefficient (Wildman–Crippen LogP) is 7.05. The Morgan fingerprint density at radius 3 is 1.81 bits per heavy atom. The van der Waals surface area contributed by atoms with E-state index in [0.717, 1.165) is 65.8 Å². The van der Waals surface area contributed by atoms with Crippen molar-refractivity contribution < 1.29 is 4.74 Å². The van der Waals surface area contributed by atoms with Gasteiger partial charge in [-0.15, -0.1) is 0 Å². The molecule has 5 heteroatoms. The number of aromatic nitrogens is 2. The van der Waals surface area contributed by atoms with Crippen LogP contribution in [0.3, 0.4) is 0 Å². The van der Waals surface area contributed by atoms with Gasteiger partial charge in [0.1, 0.15) is 0 Å². The second-order valence-electron chi connectivity index (χ2n) is 6.53. The maximum absolute atomic E-state index is 6.24. The molecule has 2 N–H and O–H groups in total. The van der Waals surface area contributed by atoms with E-state index in [4.69, 9.17) is 27.9 Å². The van der Waals surface area contributed by atoms with Crippen molar-refractivity contribution in [1.29, 1.82) is 0 Å². The molecular formula is C21H16Cl2N2O. The van der Waals surface area contributed by atoms with Gasteiger partial charge in [0.15, 0.2) is 5.75 Å². The summed E-state index contributed by atoms with van der Waals surface area (Å²) >= 11 is 12.5. The number of hydrogen-bond donors (Lipinski definition) is 2. The fourth-order valence-corrected chi connectivity index (χ4v) is 3.99. The molecule has 3 nitrogen and oxygen atoms in total. The summed E-state index contributed by atoms with van der Waals surface area (Å²) in [7, 11) is 0.